The number of carbonyl (C=O) groups excluding carboxylic acids is 1. The van der Waals surface area contributed by atoms with Crippen molar-refractivity contribution in [2.24, 2.45) is 0 Å². The Bertz CT molecular complexity index is 1080. The van der Waals surface area contributed by atoms with Gasteiger partial charge >= 0.3 is 5.97 Å². The number of phenols is 1. The summed E-state index contributed by atoms with van der Waals surface area (Å²) in [6.45, 7) is -0.0379. The molecule has 144 valence electrons. The number of phenolic OH excluding ortho intramolecular Hbond substituents is 1. The lowest BCUT2D eigenvalue weighted by molar-refractivity contribution is 0.0469. The molecule has 0 saturated carbocycles. The van der Waals surface area contributed by atoms with Crippen molar-refractivity contribution in [3.05, 3.63) is 94.0 Å². The Hall–Kier alpha value is -2.64. The molecule has 0 saturated heterocycles. The second kappa shape index (κ2) is 8.58. The molecule has 0 aliphatic rings. The number of halogens is 1. The third-order valence-corrected chi connectivity index (χ3v) is 6.23. The Morgan fingerprint density at radius 1 is 0.929 bits per heavy atom. The molecule has 0 aromatic heterocycles. The standard InChI is InChI=1S/C21H17BrO5S/c22-17-8-11-20(23)19(12-17)21(24)27-13-15-6-9-18(10-7-15)28(25,26)14-16-4-2-1-3-5-16/h1-12,23H,13-14H2. The van der Waals surface area contributed by atoms with Crippen LogP contribution in [0.2, 0.25) is 0 Å². The lowest BCUT2D eigenvalue weighted by Crippen LogP contribution is -2.07. The molecule has 0 heterocycles. The summed E-state index contributed by atoms with van der Waals surface area (Å²) in [5.74, 6) is -0.917. The first-order valence-electron chi connectivity index (χ1n) is 8.36. The molecule has 0 bridgehead atoms. The third kappa shape index (κ3) is 4.99. The van der Waals surface area contributed by atoms with Crippen LogP contribution in [0.4, 0.5) is 0 Å². The van der Waals surface area contributed by atoms with Gasteiger partial charge in [-0.25, -0.2) is 13.2 Å². The van der Waals surface area contributed by atoms with Gasteiger partial charge in [0.2, 0.25) is 0 Å². The Morgan fingerprint density at radius 3 is 2.29 bits per heavy atom. The van der Waals surface area contributed by atoms with Crippen LogP contribution < -0.4 is 0 Å². The van der Waals surface area contributed by atoms with Crippen molar-refractivity contribution < 1.29 is 23.1 Å². The van der Waals surface area contributed by atoms with Crippen LogP contribution in [-0.4, -0.2) is 19.5 Å². The van der Waals surface area contributed by atoms with E-state index in [4.69, 9.17) is 4.74 Å². The molecule has 0 radical (unpaired) electrons. The van der Waals surface area contributed by atoms with Gasteiger partial charge in [-0.2, -0.15) is 0 Å². The molecule has 0 aliphatic carbocycles. The van der Waals surface area contributed by atoms with Crippen molar-refractivity contribution >= 4 is 31.7 Å². The molecular weight excluding hydrogens is 444 g/mol. The number of esters is 1. The number of aromatic hydroxyl groups is 1. The topological polar surface area (TPSA) is 80.7 Å². The van der Waals surface area contributed by atoms with E-state index in [0.29, 0.717) is 15.6 Å². The molecule has 3 aromatic carbocycles. The molecule has 28 heavy (non-hydrogen) atoms. The van der Waals surface area contributed by atoms with Crippen LogP contribution in [0.5, 0.6) is 5.75 Å². The van der Waals surface area contributed by atoms with Gasteiger partial charge in [0.1, 0.15) is 17.9 Å². The average molecular weight is 461 g/mol. The van der Waals surface area contributed by atoms with E-state index in [9.17, 15) is 18.3 Å². The second-order valence-electron chi connectivity index (χ2n) is 6.13. The van der Waals surface area contributed by atoms with Gasteiger partial charge in [0.15, 0.2) is 9.84 Å². The Balaban J connectivity index is 1.66. The van der Waals surface area contributed by atoms with Crippen LogP contribution in [0.25, 0.3) is 0 Å². The van der Waals surface area contributed by atoms with Gasteiger partial charge in [0.05, 0.1) is 10.6 Å². The third-order valence-electron chi connectivity index (χ3n) is 4.03. The number of hydrogen-bond donors (Lipinski definition) is 1. The zero-order valence-corrected chi connectivity index (χ0v) is 17.1. The predicted octanol–water partition coefficient (Wildman–Crippen LogP) is 4.49. The molecule has 0 fully saturated rings. The number of sulfone groups is 1. The van der Waals surface area contributed by atoms with Crippen molar-refractivity contribution in [2.45, 2.75) is 17.3 Å². The molecule has 0 aliphatic heterocycles. The summed E-state index contributed by atoms with van der Waals surface area (Å²) in [6.07, 6.45) is 0. The van der Waals surface area contributed by atoms with Gasteiger partial charge in [-0.3, -0.25) is 0 Å². The zero-order valence-electron chi connectivity index (χ0n) is 14.7. The molecule has 0 amide bonds. The van der Waals surface area contributed by atoms with Crippen molar-refractivity contribution in [2.75, 3.05) is 0 Å². The largest absolute Gasteiger partial charge is 0.507 e. The fourth-order valence-electron chi connectivity index (χ4n) is 2.57. The minimum Gasteiger partial charge on any atom is -0.507 e. The maximum atomic E-state index is 12.5. The van der Waals surface area contributed by atoms with Crippen LogP contribution in [0.15, 0.2) is 82.2 Å². The normalized spacial score (nSPS) is 11.2. The average Bonchev–Trinajstić information content (AvgIpc) is 2.69. The van der Waals surface area contributed by atoms with E-state index in [-0.39, 0.29) is 28.6 Å². The highest BCUT2D eigenvalue weighted by atomic mass is 79.9. The van der Waals surface area contributed by atoms with Gasteiger partial charge in [0.25, 0.3) is 0 Å². The van der Waals surface area contributed by atoms with Gasteiger partial charge < -0.3 is 9.84 Å². The van der Waals surface area contributed by atoms with Gasteiger partial charge in [-0.1, -0.05) is 58.4 Å². The minimum absolute atomic E-state index is 0.0379. The van der Waals surface area contributed by atoms with E-state index in [0.717, 1.165) is 0 Å². The lowest BCUT2D eigenvalue weighted by atomic mass is 10.2. The summed E-state index contributed by atoms with van der Waals surface area (Å²) < 4.78 is 30.9. The molecule has 3 rings (SSSR count). The first-order valence-corrected chi connectivity index (χ1v) is 10.8. The smallest absolute Gasteiger partial charge is 0.342 e. The number of hydrogen-bond acceptors (Lipinski definition) is 5. The number of carbonyl (C=O) groups is 1. The second-order valence-corrected chi connectivity index (χ2v) is 9.03. The first-order chi connectivity index (χ1) is 13.3. The van der Waals surface area contributed by atoms with E-state index in [1.807, 2.05) is 6.07 Å². The summed E-state index contributed by atoms with van der Waals surface area (Å²) in [5.41, 5.74) is 1.41. The Kier molecular flexibility index (Phi) is 6.16. The highest BCUT2D eigenvalue weighted by Gasteiger charge is 2.16. The summed E-state index contributed by atoms with van der Waals surface area (Å²) in [6, 6.07) is 19.6. The molecule has 7 heteroatoms. The number of rotatable bonds is 6. The van der Waals surface area contributed by atoms with Crippen molar-refractivity contribution in [3.8, 4) is 5.75 Å². The summed E-state index contributed by atoms with van der Waals surface area (Å²) in [7, 11) is -3.46. The van der Waals surface area contributed by atoms with Crippen LogP contribution in [0, 0.1) is 0 Å². The molecule has 0 atom stereocenters. The van der Waals surface area contributed by atoms with Gasteiger partial charge in [-0.15, -0.1) is 0 Å². The summed E-state index contributed by atoms with van der Waals surface area (Å²) in [5, 5.41) is 9.76. The SMILES string of the molecule is O=C(OCc1ccc(S(=O)(=O)Cc2ccccc2)cc1)c1cc(Br)ccc1O. The van der Waals surface area contributed by atoms with Crippen molar-refractivity contribution in [3.63, 3.8) is 0 Å². The number of benzene rings is 3. The Morgan fingerprint density at radius 2 is 1.61 bits per heavy atom. The lowest BCUT2D eigenvalue weighted by Gasteiger charge is -2.08. The van der Waals surface area contributed by atoms with E-state index in [1.165, 1.54) is 24.3 Å². The summed E-state index contributed by atoms with van der Waals surface area (Å²) in [4.78, 5) is 12.3. The molecule has 5 nitrogen and oxygen atoms in total. The fraction of sp³-hybridized carbons (Fsp3) is 0.0952. The molecule has 0 spiro atoms. The molecule has 0 unspecified atom stereocenters. The van der Waals surface area contributed by atoms with Crippen LogP contribution in [0.3, 0.4) is 0 Å². The molecular formula is C21H17BrO5S. The fourth-order valence-corrected chi connectivity index (χ4v) is 4.28. The summed E-state index contributed by atoms with van der Waals surface area (Å²) >= 11 is 3.23. The van der Waals surface area contributed by atoms with Crippen LogP contribution in [-0.2, 0) is 26.9 Å². The number of ether oxygens (including phenoxy) is 1. The Labute approximate surface area is 171 Å². The molecule has 3 aromatic rings. The van der Waals surface area contributed by atoms with E-state index < -0.39 is 15.8 Å². The van der Waals surface area contributed by atoms with Crippen molar-refractivity contribution in [1.82, 2.24) is 0 Å². The molecule has 1 N–H and O–H groups in total. The highest BCUT2D eigenvalue weighted by Crippen LogP contribution is 2.23. The zero-order chi connectivity index (χ0) is 20.1. The maximum Gasteiger partial charge on any atom is 0.342 e. The van der Waals surface area contributed by atoms with Crippen molar-refractivity contribution in [1.29, 1.82) is 0 Å². The van der Waals surface area contributed by atoms with E-state index >= 15 is 0 Å². The monoisotopic (exact) mass is 460 g/mol. The van der Waals surface area contributed by atoms with Crippen LogP contribution >= 0.6 is 15.9 Å². The predicted molar refractivity (Wildman–Crippen MR) is 109 cm³/mol. The maximum absolute atomic E-state index is 12.5. The van der Waals surface area contributed by atoms with E-state index in [1.54, 1.807) is 42.5 Å². The van der Waals surface area contributed by atoms with Gasteiger partial charge in [0, 0.05) is 4.47 Å². The van der Waals surface area contributed by atoms with Gasteiger partial charge in [-0.05, 0) is 41.5 Å². The first kappa shape index (κ1) is 20.1. The highest BCUT2D eigenvalue weighted by molar-refractivity contribution is 9.10. The quantitative estimate of drug-likeness (QED) is 0.548. The van der Waals surface area contributed by atoms with E-state index in [2.05, 4.69) is 15.9 Å². The minimum atomic E-state index is -3.46. The van der Waals surface area contributed by atoms with Crippen LogP contribution in [0.1, 0.15) is 21.5 Å².